The van der Waals surface area contributed by atoms with Crippen LogP contribution in [0.3, 0.4) is 0 Å². The Morgan fingerprint density at radius 2 is 1.89 bits per heavy atom. The van der Waals surface area contributed by atoms with Crippen molar-refractivity contribution in [2.45, 2.75) is 26.4 Å². The molecule has 3 rings (SSSR count). The van der Waals surface area contributed by atoms with Gasteiger partial charge >= 0.3 is 5.97 Å². The first kappa shape index (κ1) is 20.3. The number of halogens is 3. The molecular formula is C20H18Cl2FN3O2. The number of ether oxygens (including phenoxy) is 1. The number of benzene rings is 2. The minimum absolute atomic E-state index is 0.151. The summed E-state index contributed by atoms with van der Waals surface area (Å²) in [7, 11) is 0. The lowest BCUT2D eigenvalue weighted by Gasteiger charge is -2.22. The van der Waals surface area contributed by atoms with Crippen LogP contribution in [-0.2, 0) is 9.53 Å². The summed E-state index contributed by atoms with van der Waals surface area (Å²) in [6, 6.07) is 11.2. The predicted octanol–water partition coefficient (Wildman–Crippen LogP) is 5.39. The van der Waals surface area contributed by atoms with Crippen LogP contribution in [0.1, 0.15) is 20.8 Å². The van der Waals surface area contributed by atoms with Crippen molar-refractivity contribution < 1.29 is 13.9 Å². The molecule has 146 valence electrons. The topological polar surface area (TPSA) is 55.3 Å². The Labute approximate surface area is 172 Å². The molecule has 0 spiro atoms. The normalized spacial score (nSPS) is 11.5. The third-order valence-corrected chi connectivity index (χ3v) is 4.18. The van der Waals surface area contributed by atoms with Crippen molar-refractivity contribution in [2.24, 2.45) is 0 Å². The van der Waals surface area contributed by atoms with E-state index < -0.39 is 17.4 Å². The third-order valence-electron chi connectivity index (χ3n) is 3.67. The fraction of sp³-hybridized carbons (Fsp3) is 0.250. The molecule has 0 fully saturated rings. The summed E-state index contributed by atoms with van der Waals surface area (Å²) in [6.07, 6.45) is 0. The summed E-state index contributed by atoms with van der Waals surface area (Å²) in [5.74, 6) is -0.602. The number of fused-ring (bicyclic) bond motifs is 1. The number of aromatic nitrogens is 2. The first-order valence-corrected chi connectivity index (χ1v) is 9.23. The molecule has 1 heterocycles. The van der Waals surface area contributed by atoms with Gasteiger partial charge in [0.25, 0.3) is 0 Å². The lowest BCUT2D eigenvalue weighted by Crippen LogP contribution is -2.31. The Bertz CT molecular complexity index is 1040. The molecule has 0 aliphatic rings. The lowest BCUT2D eigenvalue weighted by molar-refractivity contribution is -0.152. The van der Waals surface area contributed by atoms with E-state index >= 15 is 0 Å². The molecule has 8 heteroatoms. The SMILES string of the molecule is CC(C)(C)OC(=O)CN(Cl)c1nc(-c2ccccc2F)nc2ccc(Cl)cc12. The van der Waals surface area contributed by atoms with E-state index in [9.17, 15) is 9.18 Å². The molecule has 0 aliphatic heterocycles. The maximum Gasteiger partial charge on any atom is 0.327 e. The second kappa shape index (κ2) is 7.89. The first-order chi connectivity index (χ1) is 13.1. The van der Waals surface area contributed by atoms with Crippen molar-refractivity contribution in [3.63, 3.8) is 0 Å². The van der Waals surface area contributed by atoms with Crippen LogP contribution in [0.25, 0.3) is 22.3 Å². The van der Waals surface area contributed by atoms with E-state index in [-0.39, 0.29) is 23.8 Å². The quantitative estimate of drug-likeness (QED) is 0.417. The van der Waals surface area contributed by atoms with Crippen LogP contribution in [0.15, 0.2) is 42.5 Å². The van der Waals surface area contributed by atoms with Crippen molar-refractivity contribution in [1.82, 2.24) is 9.97 Å². The largest absolute Gasteiger partial charge is 0.459 e. The second-order valence-corrected chi connectivity index (χ2v) is 7.96. The minimum atomic E-state index is -0.649. The zero-order chi connectivity index (χ0) is 20.5. The van der Waals surface area contributed by atoms with Crippen LogP contribution in [-0.4, -0.2) is 28.1 Å². The molecule has 2 aromatic carbocycles. The van der Waals surface area contributed by atoms with Gasteiger partial charge in [-0.1, -0.05) is 23.7 Å². The van der Waals surface area contributed by atoms with Gasteiger partial charge in [-0.05, 0) is 51.1 Å². The second-order valence-electron chi connectivity index (χ2n) is 7.12. The number of anilines is 1. The molecule has 0 bridgehead atoms. The molecule has 5 nitrogen and oxygen atoms in total. The highest BCUT2D eigenvalue weighted by Crippen LogP contribution is 2.31. The molecule has 3 aromatic rings. The van der Waals surface area contributed by atoms with E-state index in [1.165, 1.54) is 6.07 Å². The Balaban J connectivity index is 2.07. The molecule has 1 aromatic heterocycles. The summed E-state index contributed by atoms with van der Waals surface area (Å²) in [5.41, 5.74) is 0.0925. The number of esters is 1. The van der Waals surface area contributed by atoms with Crippen LogP contribution in [0.4, 0.5) is 10.2 Å². The summed E-state index contributed by atoms with van der Waals surface area (Å²) in [4.78, 5) is 21.0. The summed E-state index contributed by atoms with van der Waals surface area (Å²) in [6.45, 7) is 5.03. The van der Waals surface area contributed by atoms with E-state index in [0.29, 0.717) is 15.9 Å². The smallest absolute Gasteiger partial charge is 0.327 e. The van der Waals surface area contributed by atoms with Gasteiger partial charge in [0.1, 0.15) is 18.0 Å². The van der Waals surface area contributed by atoms with Gasteiger partial charge in [-0.25, -0.2) is 14.4 Å². The Hall–Kier alpha value is -2.44. The summed E-state index contributed by atoms with van der Waals surface area (Å²) >= 11 is 12.5. The van der Waals surface area contributed by atoms with Gasteiger partial charge in [0.2, 0.25) is 0 Å². The molecular weight excluding hydrogens is 404 g/mol. The van der Waals surface area contributed by atoms with Crippen LogP contribution >= 0.6 is 23.4 Å². The maximum atomic E-state index is 14.2. The Kier molecular flexibility index (Phi) is 5.72. The molecule has 28 heavy (non-hydrogen) atoms. The molecule has 0 saturated carbocycles. The summed E-state index contributed by atoms with van der Waals surface area (Å²) in [5, 5.41) is 0.990. The van der Waals surface area contributed by atoms with Crippen LogP contribution in [0, 0.1) is 5.82 Å². The van der Waals surface area contributed by atoms with Gasteiger partial charge in [-0.15, -0.1) is 0 Å². The number of rotatable bonds is 4. The molecule has 0 amide bonds. The van der Waals surface area contributed by atoms with E-state index in [1.54, 1.807) is 57.2 Å². The number of hydrogen-bond donors (Lipinski definition) is 0. The zero-order valence-electron chi connectivity index (χ0n) is 15.5. The predicted molar refractivity (Wildman–Crippen MR) is 109 cm³/mol. The highest BCUT2D eigenvalue weighted by Gasteiger charge is 2.22. The standard InChI is InChI=1S/C20H18Cl2FN3O2/c1-20(2,3)28-17(27)11-26(22)19-14-10-12(21)8-9-16(14)24-18(25-19)13-6-4-5-7-15(13)23/h4-10H,11H2,1-3H3. The molecule has 0 atom stereocenters. The molecule has 0 radical (unpaired) electrons. The van der Waals surface area contributed by atoms with Crippen molar-refractivity contribution in [2.75, 3.05) is 11.0 Å². The molecule has 0 aliphatic carbocycles. The lowest BCUT2D eigenvalue weighted by atomic mass is 10.1. The van der Waals surface area contributed by atoms with E-state index in [0.717, 1.165) is 4.42 Å². The fourth-order valence-electron chi connectivity index (χ4n) is 2.59. The Morgan fingerprint density at radius 3 is 2.57 bits per heavy atom. The van der Waals surface area contributed by atoms with Gasteiger partial charge in [0.05, 0.1) is 11.1 Å². The van der Waals surface area contributed by atoms with E-state index in [2.05, 4.69) is 9.97 Å². The third kappa shape index (κ3) is 4.69. The number of carbonyl (C=O) groups excluding carboxylic acids is 1. The number of nitrogens with zero attached hydrogens (tertiary/aromatic N) is 3. The minimum Gasteiger partial charge on any atom is -0.459 e. The monoisotopic (exact) mass is 421 g/mol. The Morgan fingerprint density at radius 1 is 1.18 bits per heavy atom. The van der Waals surface area contributed by atoms with Crippen LogP contribution in [0.2, 0.25) is 5.02 Å². The van der Waals surface area contributed by atoms with Gasteiger partial charge in [0, 0.05) is 22.2 Å². The average molecular weight is 422 g/mol. The van der Waals surface area contributed by atoms with Crippen molar-refractivity contribution >= 4 is 46.1 Å². The van der Waals surface area contributed by atoms with Crippen molar-refractivity contribution in [3.05, 3.63) is 53.3 Å². The van der Waals surface area contributed by atoms with Gasteiger partial charge in [-0.2, -0.15) is 0 Å². The van der Waals surface area contributed by atoms with Gasteiger partial charge in [0.15, 0.2) is 11.6 Å². The maximum absolute atomic E-state index is 14.2. The highest BCUT2D eigenvalue weighted by molar-refractivity contribution is 6.32. The number of carbonyl (C=O) groups is 1. The van der Waals surface area contributed by atoms with Gasteiger partial charge in [-0.3, -0.25) is 9.21 Å². The first-order valence-electron chi connectivity index (χ1n) is 8.51. The van der Waals surface area contributed by atoms with Crippen molar-refractivity contribution in [1.29, 1.82) is 0 Å². The molecule has 0 unspecified atom stereocenters. The van der Waals surface area contributed by atoms with Crippen molar-refractivity contribution in [3.8, 4) is 11.4 Å². The number of hydrogen-bond acceptors (Lipinski definition) is 5. The molecule has 0 saturated heterocycles. The van der Waals surface area contributed by atoms with Crippen LogP contribution in [0.5, 0.6) is 0 Å². The average Bonchev–Trinajstić information content (AvgIpc) is 2.59. The van der Waals surface area contributed by atoms with E-state index in [4.69, 9.17) is 28.1 Å². The van der Waals surface area contributed by atoms with E-state index in [1.807, 2.05) is 0 Å². The van der Waals surface area contributed by atoms with Gasteiger partial charge < -0.3 is 4.74 Å². The zero-order valence-corrected chi connectivity index (χ0v) is 17.1. The highest BCUT2D eigenvalue weighted by atomic mass is 35.5. The fourth-order valence-corrected chi connectivity index (χ4v) is 2.99. The van der Waals surface area contributed by atoms with Crippen LogP contribution < -0.4 is 4.42 Å². The molecule has 0 N–H and O–H groups in total. The summed E-state index contributed by atoms with van der Waals surface area (Å²) < 4.78 is 20.7.